The molecule has 1 aromatic rings. The summed E-state index contributed by atoms with van der Waals surface area (Å²) in [6.07, 6.45) is 1.67. The number of halogens is 2. The van der Waals surface area contributed by atoms with Crippen LogP contribution in [0.4, 0.5) is 25.0 Å². The molecule has 1 aromatic carbocycles. The molecule has 0 fully saturated rings. The van der Waals surface area contributed by atoms with E-state index in [1.165, 1.54) is 0 Å². The minimum Gasteiger partial charge on any atom is -0.433 e. The molecule has 1 atom stereocenters. The van der Waals surface area contributed by atoms with Gasteiger partial charge < -0.3 is 15.4 Å². The Bertz CT molecular complexity index is 582. The number of rotatable bonds is 8. The van der Waals surface area contributed by atoms with Crippen LogP contribution in [-0.2, 0) is 0 Å². The highest BCUT2D eigenvalue weighted by atomic mass is 19.3. The number of urea groups is 1. The van der Waals surface area contributed by atoms with Crippen LogP contribution in [0.25, 0.3) is 0 Å². The Morgan fingerprint density at radius 2 is 1.96 bits per heavy atom. The molecule has 0 saturated carbocycles. The Labute approximate surface area is 138 Å². The summed E-state index contributed by atoms with van der Waals surface area (Å²) >= 11 is 0. The van der Waals surface area contributed by atoms with Crippen molar-refractivity contribution < 1.29 is 23.2 Å². The molecule has 0 bridgehead atoms. The summed E-state index contributed by atoms with van der Waals surface area (Å²) in [5, 5.41) is 15.8. The average Bonchev–Trinajstić information content (AvgIpc) is 2.46. The highest BCUT2D eigenvalue weighted by molar-refractivity contribution is 5.91. The van der Waals surface area contributed by atoms with E-state index in [0.717, 1.165) is 31.0 Å². The van der Waals surface area contributed by atoms with Gasteiger partial charge in [-0.25, -0.2) is 4.79 Å². The minimum absolute atomic E-state index is 0.134. The summed E-state index contributed by atoms with van der Waals surface area (Å²) in [7, 11) is 0. The normalized spacial score (nSPS) is 12.1. The van der Waals surface area contributed by atoms with Crippen molar-refractivity contribution in [1.29, 1.82) is 0 Å². The molecule has 2 N–H and O–H groups in total. The van der Waals surface area contributed by atoms with Crippen molar-refractivity contribution in [2.45, 2.75) is 46.3 Å². The lowest BCUT2D eigenvalue weighted by Crippen LogP contribution is -2.36. The summed E-state index contributed by atoms with van der Waals surface area (Å²) in [5.74, 6) is 0.140. The lowest BCUT2D eigenvalue weighted by Gasteiger charge is -2.17. The average molecular weight is 345 g/mol. The van der Waals surface area contributed by atoms with E-state index in [0.29, 0.717) is 5.92 Å². The van der Waals surface area contributed by atoms with Gasteiger partial charge in [0.2, 0.25) is 0 Å². The monoisotopic (exact) mass is 345 g/mol. The number of amides is 2. The van der Waals surface area contributed by atoms with E-state index in [2.05, 4.69) is 29.2 Å². The number of nitrogens with one attached hydrogen (secondary N) is 2. The van der Waals surface area contributed by atoms with Crippen LogP contribution in [0.2, 0.25) is 0 Å². The molecule has 0 heterocycles. The standard InChI is InChI=1S/C15H21F2N3O4/c1-9(2)4-5-10(3)18-15(21)19-12-8-11(20(22)23)6-7-13(12)24-14(16)17/h6-10,14H,4-5H2,1-3H3,(H2,18,19,21). The van der Waals surface area contributed by atoms with Crippen molar-refractivity contribution in [1.82, 2.24) is 5.32 Å². The van der Waals surface area contributed by atoms with Gasteiger partial charge in [-0.1, -0.05) is 13.8 Å². The van der Waals surface area contributed by atoms with Crippen molar-refractivity contribution in [2.75, 3.05) is 5.32 Å². The lowest BCUT2D eigenvalue weighted by molar-refractivity contribution is -0.384. The zero-order valence-electron chi connectivity index (χ0n) is 13.7. The zero-order chi connectivity index (χ0) is 18.3. The van der Waals surface area contributed by atoms with E-state index in [-0.39, 0.29) is 23.2 Å². The fourth-order valence-corrected chi connectivity index (χ4v) is 1.97. The predicted molar refractivity (Wildman–Crippen MR) is 85.4 cm³/mol. The number of carbonyl (C=O) groups is 1. The first-order valence-electron chi connectivity index (χ1n) is 7.49. The molecule has 0 aliphatic heterocycles. The number of ether oxygens (including phenoxy) is 1. The molecule has 9 heteroatoms. The van der Waals surface area contributed by atoms with Crippen LogP contribution in [0.5, 0.6) is 5.75 Å². The van der Waals surface area contributed by atoms with Gasteiger partial charge in [0.05, 0.1) is 10.6 Å². The Hall–Kier alpha value is -2.45. The van der Waals surface area contributed by atoms with E-state index in [4.69, 9.17) is 0 Å². The van der Waals surface area contributed by atoms with Crippen molar-refractivity contribution in [2.24, 2.45) is 5.92 Å². The second kappa shape index (κ2) is 8.99. The second-order valence-electron chi connectivity index (χ2n) is 5.79. The Morgan fingerprint density at radius 1 is 1.29 bits per heavy atom. The molecule has 0 radical (unpaired) electrons. The van der Waals surface area contributed by atoms with Gasteiger partial charge in [0.25, 0.3) is 5.69 Å². The third-order valence-electron chi connectivity index (χ3n) is 3.19. The van der Waals surface area contributed by atoms with Gasteiger partial charge in [0.15, 0.2) is 0 Å². The predicted octanol–water partition coefficient (Wildman–Crippen LogP) is 4.14. The number of alkyl halides is 2. The van der Waals surface area contributed by atoms with Crippen LogP contribution in [0.1, 0.15) is 33.6 Å². The summed E-state index contributed by atoms with van der Waals surface area (Å²) in [6, 6.07) is 2.22. The van der Waals surface area contributed by atoms with Gasteiger partial charge in [-0.05, 0) is 31.7 Å². The van der Waals surface area contributed by atoms with Gasteiger partial charge in [0.1, 0.15) is 5.75 Å². The van der Waals surface area contributed by atoms with E-state index in [9.17, 15) is 23.7 Å². The second-order valence-corrected chi connectivity index (χ2v) is 5.79. The summed E-state index contributed by atoms with van der Waals surface area (Å²) in [4.78, 5) is 22.0. The molecule has 0 aromatic heterocycles. The van der Waals surface area contributed by atoms with Gasteiger partial charge >= 0.3 is 12.6 Å². The zero-order valence-corrected chi connectivity index (χ0v) is 13.7. The summed E-state index contributed by atoms with van der Waals surface area (Å²) in [5.41, 5.74) is -0.544. The Kier molecular flexibility index (Phi) is 7.34. The number of nitro groups is 1. The summed E-state index contributed by atoms with van der Waals surface area (Å²) in [6.45, 7) is 2.82. The molecular weight excluding hydrogens is 324 g/mol. The number of hydrogen-bond donors (Lipinski definition) is 2. The number of anilines is 1. The summed E-state index contributed by atoms with van der Waals surface area (Å²) < 4.78 is 29.1. The molecule has 7 nitrogen and oxygen atoms in total. The third kappa shape index (κ3) is 6.76. The molecule has 2 amide bonds. The fraction of sp³-hybridized carbons (Fsp3) is 0.533. The number of carbonyl (C=O) groups excluding carboxylic acids is 1. The van der Waals surface area contributed by atoms with Crippen LogP contribution < -0.4 is 15.4 Å². The maximum Gasteiger partial charge on any atom is 0.387 e. The van der Waals surface area contributed by atoms with Gasteiger partial charge in [-0.3, -0.25) is 10.1 Å². The number of hydrogen-bond acceptors (Lipinski definition) is 4. The lowest BCUT2D eigenvalue weighted by atomic mass is 10.0. The molecule has 1 rings (SSSR count). The topological polar surface area (TPSA) is 93.5 Å². The molecule has 0 aliphatic rings. The van der Waals surface area contributed by atoms with Crippen molar-refractivity contribution in [3.8, 4) is 5.75 Å². The molecule has 0 spiro atoms. The van der Waals surface area contributed by atoms with E-state index >= 15 is 0 Å². The Balaban J connectivity index is 2.80. The number of non-ortho nitro benzene ring substituents is 1. The SMILES string of the molecule is CC(C)CCC(C)NC(=O)Nc1cc([N+](=O)[O-])ccc1OC(F)F. The van der Waals surface area contributed by atoms with Gasteiger partial charge in [-0.2, -0.15) is 8.78 Å². The van der Waals surface area contributed by atoms with Crippen LogP contribution in [0, 0.1) is 16.0 Å². The molecule has 0 aliphatic carbocycles. The molecule has 1 unspecified atom stereocenters. The van der Waals surface area contributed by atoms with E-state index in [1.807, 2.05) is 6.92 Å². The first-order valence-corrected chi connectivity index (χ1v) is 7.49. The molecule has 134 valence electrons. The van der Waals surface area contributed by atoms with Crippen LogP contribution in [0.3, 0.4) is 0 Å². The highest BCUT2D eigenvalue weighted by Gasteiger charge is 2.17. The highest BCUT2D eigenvalue weighted by Crippen LogP contribution is 2.30. The van der Waals surface area contributed by atoms with Crippen molar-refractivity contribution in [3.05, 3.63) is 28.3 Å². The quantitative estimate of drug-likeness (QED) is 0.547. The first kappa shape index (κ1) is 19.6. The first-order chi connectivity index (χ1) is 11.2. The molecule has 24 heavy (non-hydrogen) atoms. The fourth-order valence-electron chi connectivity index (χ4n) is 1.97. The minimum atomic E-state index is -3.11. The van der Waals surface area contributed by atoms with Crippen molar-refractivity contribution in [3.63, 3.8) is 0 Å². The number of nitrogens with zero attached hydrogens (tertiary/aromatic N) is 1. The third-order valence-corrected chi connectivity index (χ3v) is 3.19. The maximum absolute atomic E-state index is 12.4. The van der Waals surface area contributed by atoms with E-state index in [1.54, 1.807) is 0 Å². The van der Waals surface area contributed by atoms with Crippen LogP contribution in [0.15, 0.2) is 18.2 Å². The number of benzene rings is 1. The van der Waals surface area contributed by atoms with E-state index < -0.39 is 17.6 Å². The van der Waals surface area contributed by atoms with Gasteiger partial charge in [0, 0.05) is 18.2 Å². The van der Waals surface area contributed by atoms with Crippen LogP contribution >= 0.6 is 0 Å². The smallest absolute Gasteiger partial charge is 0.387 e. The van der Waals surface area contributed by atoms with Gasteiger partial charge in [-0.15, -0.1) is 0 Å². The largest absolute Gasteiger partial charge is 0.433 e. The Morgan fingerprint density at radius 3 is 2.50 bits per heavy atom. The molecule has 0 saturated heterocycles. The maximum atomic E-state index is 12.4. The van der Waals surface area contributed by atoms with Crippen molar-refractivity contribution >= 4 is 17.4 Å². The van der Waals surface area contributed by atoms with Crippen LogP contribution in [-0.4, -0.2) is 23.6 Å². The number of nitro benzene ring substituents is 1. The molecular formula is C15H21F2N3O4.